The van der Waals surface area contributed by atoms with Gasteiger partial charge in [0.15, 0.2) is 0 Å². The molecule has 106 valence electrons. The van der Waals surface area contributed by atoms with Gasteiger partial charge in [0.25, 0.3) is 0 Å². The number of nitrogens with one attached hydrogen (secondary N) is 2. The van der Waals surface area contributed by atoms with Crippen molar-refractivity contribution in [3.05, 3.63) is 47.0 Å². The molecule has 2 N–H and O–H groups in total. The summed E-state index contributed by atoms with van der Waals surface area (Å²) in [4.78, 5) is 15.8. The quantitative estimate of drug-likeness (QED) is 0.860. The molecular formula is C13H15ClN4OS. The van der Waals surface area contributed by atoms with Crippen LogP contribution in [0.4, 0.5) is 0 Å². The highest BCUT2D eigenvalue weighted by Gasteiger charge is 2.11. The van der Waals surface area contributed by atoms with Gasteiger partial charge < -0.3 is 5.32 Å². The molecule has 1 unspecified atom stereocenters. The summed E-state index contributed by atoms with van der Waals surface area (Å²) in [5.74, 6) is 1.82. The van der Waals surface area contributed by atoms with Crippen molar-refractivity contribution in [2.45, 2.75) is 18.7 Å². The number of nitrogens with zero attached hydrogens (tertiary/aromatic N) is 2. The molecule has 2 aromatic rings. The van der Waals surface area contributed by atoms with E-state index in [0.29, 0.717) is 11.6 Å². The lowest BCUT2D eigenvalue weighted by molar-refractivity contribution is -0.119. The maximum absolute atomic E-state index is 11.8. The minimum absolute atomic E-state index is 0.0205. The standard InChI is InChI=1S/C13H15ClN4OS/c1-9(13-15-8-16-18-13)17-12(19)7-20-6-10-2-4-11(14)5-3-10/h2-5,8-9H,6-7H2,1H3,(H,17,19)(H,15,16,18). The van der Waals surface area contributed by atoms with Gasteiger partial charge in [-0.25, -0.2) is 4.98 Å². The number of carbonyl (C=O) groups excluding carboxylic acids is 1. The topological polar surface area (TPSA) is 70.7 Å². The van der Waals surface area contributed by atoms with Crippen molar-refractivity contribution in [1.29, 1.82) is 0 Å². The second kappa shape index (κ2) is 7.31. The van der Waals surface area contributed by atoms with E-state index < -0.39 is 0 Å². The van der Waals surface area contributed by atoms with Crippen LogP contribution >= 0.6 is 23.4 Å². The number of benzene rings is 1. The number of H-pyrrole nitrogens is 1. The van der Waals surface area contributed by atoms with E-state index >= 15 is 0 Å². The number of thioether (sulfide) groups is 1. The number of aromatic amines is 1. The first-order chi connectivity index (χ1) is 9.65. The summed E-state index contributed by atoms with van der Waals surface area (Å²) in [5, 5.41) is 10.1. The number of aromatic nitrogens is 3. The number of rotatable bonds is 6. The molecule has 1 amide bonds. The van der Waals surface area contributed by atoms with Crippen LogP contribution in [0.3, 0.4) is 0 Å². The van der Waals surface area contributed by atoms with Crippen LogP contribution in [0.5, 0.6) is 0 Å². The molecule has 0 saturated heterocycles. The first-order valence-corrected chi connectivity index (χ1v) is 7.65. The Morgan fingerprint density at radius 3 is 2.85 bits per heavy atom. The maximum atomic E-state index is 11.8. The zero-order valence-electron chi connectivity index (χ0n) is 11.0. The smallest absolute Gasteiger partial charge is 0.230 e. The average Bonchev–Trinajstić information content (AvgIpc) is 2.95. The van der Waals surface area contributed by atoms with Crippen molar-refractivity contribution in [1.82, 2.24) is 20.5 Å². The number of amides is 1. The molecule has 0 aliphatic rings. The van der Waals surface area contributed by atoms with E-state index in [4.69, 9.17) is 11.6 Å². The number of halogens is 1. The largest absolute Gasteiger partial charge is 0.346 e. The molecule has 5 nitrogen and oxygen atoms in total. The van der Waals surface area contributed by atoms with Crippen LogP contribution in [-0.2, 0) is 10.5 Å². The lowest BCUT2D eigenvalue weighted by Crippen LogP contribution is -2.28. The van der Waals surface area contributed by atoms with Gasteiger partial charge in [-0.3, -0.25) is 9.89 Å². The summed E-state index contributed by atoms with van der Waals surface area (Å²) in [7, 11) is 0. The molecule has 0 radical (unpaired) electrons. The normalized spacial score (nSPS) is 12.1. The minimum atomic E-state index is -0.166. The first kappa shape index (κ1) is 14.9. The number of carbonyl (C=O) groups is 1. The Balaban J connectivity index is 1.71. The van der Waals surface area contributed by atoms with Gasteiger partial charge in [-0.1, -0.05) is 23.7 Å². The first-order valence-electron chi connectivity index (χ1n) is 6.12. The highest BCUT2D eigenvalue weighted by atomic mass is 35.5. The highest BCUT2D eigenvalue weighted by Crippen LogP contribution is 2.15. The van der Waals surface area contributed by atoms with E-state index in [9.17, 15) is 4.79 Å². The van der Waals surface area contributed by atoms with Crippen molar-refractivity contribution in [2.75, 3.05) is 5.75 Å². The summed E-state index contributed by atoms with van der Waals surface area (Å²) in [6.45, 7) is 1.86. The van der Waals surface area contributed by atoms with E-state index in [2.05, 4.69) is 20.5 Å². The van der Waals surface area contributed by atoms with E-state index in [1.807, 2.05) is 31.2 Å². The molecule has 20 heavy (non-hydrogen) atoms. The SMILES string of the molecule is CC(NC(=O)CSCc1ccc(Cl)cc1)c1ncn[nH]1. The Bertz CT molecular complexity index is 544. The number of hydrogen-bond acceptors (Lipinski definition) is 4. The minimum Gasteiger partial charge on any atom is -0.346 e. The maximum Gasteiger partial charge on any atom is 0.230 e. The Kier molecular flexibility index (Phi) is 5.43. The van der Waals surface area contributed by atoms with E-state index in [1.54, 1.807) is 11.8 Å². The molecule has 0 aliphatic carbocycles. The number of hydrogen-bond donors (Lipinski definition) is 2. The molecule has 0 aliphatic heterocycles. The molecular weight excluding hydrogens is 296 g/mol. The van der Waals surface area contributed by atoms with Crippen molar-refractivity contribution >= 4 is 29.3 Å². The Morgan fingerprint density at radius 2 is 2.20 bits per heavy atom. The van der Waals surface area contributed by atoms with Gasteiger partial charge in [-0.15, -0.1) is 11.8 Å². The summed E-state index contributed by atoms with van der Waals surface area (Å²) < 4.78 is 0. The Hall–Kier alpha value is -1.53. The Labute approximate surface area is 126 Å². The van der Waals surface area contributed by atoms with Gasteiger partial charge in [0.1, 0.15) is 12.2 Å². The van der Waals surface area contributed by atoms with E-state index in [1.165, 1.54) is 6.33 Å². The van der Waals surface area contributed by atoms with Gasteiger partial charge in [0, 0.05) is 10.8 Å². The zero-order chi connectivity index (χ0) is 14.4. The monoisotopic (exact) mass is 310 g/mol. The summed E-state index contributed by atoms with van der Waals surface area (Å²) in [5.41, 5.74) is 1.15. The predicted octanol–water partition coefficient (Wildman–Crippen LogP) is 2.57. The van der Waals surface area contributed by atoms with Gasteiger partial charge in [-0.05, 0) is 24.6 Å². The van der Waals surface area contributed by atoms with E-state index in [-0.39, 0.29) is 11.9 Å². The predicted molar refractivity (Wildman–Crippen MR) is 80.6 cm³/mol. The van der Waals surface area contributed by atoms with Crippen LogP contribution in [-0.4, -0.2) is 26.8 Å². The molecule has 0 fully saturated rings. The summed E-state index contributed by atoms with van der Waals surface area (Å²) in [6, 6.07) is 7.46. The third-order valence-electron chi connectivity index (χ3n) is 2.64. The second-order valence-corrected chi connectivity index (χ2v) is 5.70. The van der Waals surface area contributed by atoms with Gasteiger partial charge in [0.05, 0.1) is 11.8 Å². The zero-order valence-corrected chi connectivity index (χ0v) is 12.5. The molecule has 1 aromatic heterocycles. The molecule has 1 atom stereocenters. The molecule has 2 rings (SSSR count). The second-order valence-electron chi connectivity index (χ2n) is 4.28. The van der Waals surface area contributed by atoms with Gasteiger partial charge in [-0.2, -0.15) is 5.10 Å². The van der Waals surface area contributed by atoms with Crippen molar-refractivity contribution in [3.63, 3.8) is 0 Å². The van der Waals surface area contributed by atoms with Gasteiger partial charge in [0.2, 0.25) is 5.91 Å². The van der Waals surface area contributed by atoms with Crippen molar-refractivity contribution in [3.8, 4) is 0 Å². The Morgan fingerprint density at radius 1 is 1.45 bits per heavy atom. The highest BCUT2D eigenvalue weighted by molar-refractivity contribution is 7.99. The van der Waals surface area contributed by atoms with Crippen LogP contribution in [0.15, 0.2) is 30.6 Å². The lowest BCUT2D eigenvalue weighted by Gasteiger charge is -2.10. The fourth-order valence-electron chi connectivity index (χ4n) is 1.62. The van der Waals surface area contributed by atoms with Crippen LogP contribution in [0, 0.1) is 0 Å². The molecule has 0 bridgehead atoms. The molecule has 7 heteroatoms. The molecule has 0 saturated carbocycles. The van der Waals surface area contributed by atoms with E-state index in [0.717, 1.165) is 16.3 Å². The summed E-state index contributed by atoms with van der Waals surface area (Å²) in [6.07, 6.45) is 1.42. The van der Waals surface area contributed by atoms with Gasteiger partial charge >= 0.3 is 0 Å². The molecule has 1 heterocycles. The third kappa shape index (κ3) is 4.54. The fraction of sp³-hybridized carbons (Fsp3) is 0.308. The molecule has 1 aromatic carbocycles. The third-order valence-corrected chi connectivity index (χ3v) is 3.89. The van der Waals surface area contributed by atoms with Crippen LogP contribution in [0.25, 0.3) is 0 Å². The van der Waals surface area contributed by atoms with Crippen LogP contribution < -0.4 is 5.32 Å². The van der Waals surface area contributed by atoms with Crippen molar-refractivity contribution in [2.24, 2.45) is 0 Å². The fourth-order valence-corrected chi connectivity index (χ4v) is 2.54. The lowest BCUT2D eigenvalue weighted by atomic mass is 10.2. The molecule has 0 spiro atoms. The van der Waals surface area contributed by atoms with Crippen molar-refractivity contribution < 1.29 is 4.79 Å². The summed E-state index contributed by atoms with van der Waals surface area (Å²) >= 11 is 7.38. The average molecular weight is 311 g/mol. The van der Waals surface area contributed by atoms with Crippen LogP contribution in [0.1, 0.15) is 24.4 Å². The van der Waals surface area contributed by atoms with Crippen LogP contribution in [0.2, 0.25) is 5.02 Å².